The topological polar surface area (TPSA) is 61.0 Å². The first-order valence-corrected chi connectivity index (χ1v) is 8.22. The minimum absolute atomic E-state index is 0.0570. The molecule has 23 heavy (non-hydrogen) atoms. The number of aromatic nitrogens is 2. The van der Waals surface area contributed by atoms with Gasteiger partial charge in [-0.15, -0.1) is 0 Å². The lowest BCUT2D eigenvalue weighted by Crippen LogP contribution is -2.41. The number of carbonyl (C=O) groups is 1. The summed E-state index contributed by atoms with van der Waals surface area (Å²) in [6, 6.07) is 4.81. The molecule has 1 heterocycles. The van der Waals surface area contributed by atoms with Crippen molar-refractivity contribution in [3.8, 4) is 0 Å². The molecule has 1 saturated carbocycles. The summed E-state index contributed by atoms with van der Waals surface area (Å²) in [4.78, 5) is 21.5. The highest BCUT2D eigenvalue weighted by molar-refractivity contribution is 5.78. The Balaban J connectivity index is 1.53. The second-order valence-corrected chi connectivity index (χ2v) is 6.42. The van der Waals surface area contributed by atoms with E-state index in [1.54, 1.807) is 6.07 Å². The molecule has 2 aromatic rings. The number of nitrogens with one attached hydrogen (secondary N) is 2. The fourth-order valence-corrected chi connectivity index (χ4v) is 3.19. The number of nitrogens with zero attached hydrogens (tertiary/aromatic N) is 2. The summed E-state index contributed by atoms with van der Waals surface area (Å²) < 4.78 is 13.2. The van der Waals surface area contributed by atoms with Gasteiger partial charge >= 0.3 is 0 Å². The zero-order chi connectivity index (χ0) is 16.2. The molecule has 0 saturated heterocycles. The molecule has 1 aromatic carbocycles. The number of carbonyl (C=O) groups excluding carboxylic acids is 1. The van der Waals surface area contributed by atoms with E-state index in [0.717, 1.165) is 24.2 Å². The first kappa shape index (κ1) is 15.9. The molecule has 0 bridgehead atoms. The third-order valence-corrected chi connectivity index (χ3v) is 4.30. The SMILES string of the molecule is CN(CC(=O)NC1CCCCC1)Cc1nc2ccc(F)cc2[nH]1. The van der Waals surface area contributed by atoms with E-state index in [1.165, 1.54) is 31.4 Å². The third-order valence-electron chi connectivity index (χ3n) is 4.30. The van der Waals surface area contributed by atoms with Gasteiger partial charge in [-0.25, -0.2) is 9.37 Å². The number of aromatic amines is 1. The van der Waals surface area contributed by atoms with Crippen LogP contribution in [0.1, 0.15) is 37.9 Å². The first-order valence-electron chi connectivity index (χ1n) is 8.22. The number of imidazole rings is 1. The van der Waals surface area contributed by atoms with Crippen molar-refractivity contribution >= 4 is 16.9 Å². The fraction of sp³-hybridized carbons (Fsp3) is 0.529. The summed E-state index contributed by atoms with van der Waals surface area (Å²) in [7, 11) is 1.88. The Morgan fingerprint density at radius 2 is 2.17 bits per heavy atom. The van der Waals surface area contributed by atoms with E-state index < -0.39 is 0 Å². The largest absolute Gasteiger partial charge is 0.352 e. The lowest BCUT2D eigenvalue weighted by atomic mass is 9.95. The highest BCUT2D eigenvalue weighted by Gasteiger charge is 2.17. The van der Waals surface area contributed by atoms with Crippen LogP contribution < -0.4 is 5.32 Å². The Labute approximate surface area is 135 Å². The normalized spacial score (nSPS) is 16.1. The molecular weight excluding hydrogens is 295 g/mol. The maximum atomic E-state index is 13.2. The summed E-state index contributed by atoms with van der Waals surface area (Å²) in [5, 5.41) is 3.11. The fourth-order valence-electron chi connectivity index (χ4n) is 3.19. The Kier molecular flexibility index (Phi) is 4.91. The Morgan fingerprint density at radius 1 is 1.39 bits per heavy atom. The molecule has 1 amide bonds. The average Bonchev–Trinajstić information content (AvgIpc) is 2.89. The summed E-state index contributed by atoms with van der Waals surface area (Å²) in [5.41, 5.74) is 1.42. The number of hydrogen-bond acceptors (Lipinski definition) is 3. The number of halogens is 1. The van der Waals surface area contributed by atoms with Crippen molar-refractivity contribution in [2.24, 2.45) is 0 Å². The molecule has 0 radical (unpaired) electrons. The van der Waals surface area contributed by atoms with E-state index in [0.29, 0.717) is 24.6 Å². The van der Waals surface area contributed by atoms with Crippen LogP contribution in [0.2, 0.25) is 0 Å². The zero-order valence-corrected chi connectivity index (χ0v) is 13.4. The summed E-state index contributed by atoms with van der Waals surface area (Å²) in [5.74, 6) is 0.507. The van der Waals surface area contributed by atoms with Gasteiger partial charge in [-0.1, -0.05) is 19.3 Å². The minimum atomic E-state index is -0.284. The smallest absolute Gasteiger partial charge is 0.234 e. The van der Waals surface area contributed by atoms with Crippen LogP contribution in [0.5, 0.6) is 0 Å². The van der Waals surface area contributed by atoms with Crippen LogP contribution in [0, 0.1) is 5.82 Å². The molecule has 2 N–H and O–H groups in total. The molecule has 1 aromatic heterocycles. The molecule has 0 atom stereocenters. The predicted octanol–water partition coefficient (Wildman–Crippen LogP) is 2.58. The number of fused-ring (bicyclic) bond motifs is 1. The van der Waals surface area contributed by atoms with Crippen LogP contribution >= 0.6 is 0 Å². The number of hydrogen-bond donors (Lipinski definition) is 2. The second kappa shape index (κ2) is 7.08. The summed E-state index contributed by atoms with van der Waals surface area (Å²) >= 11 is 0. The maximum absolute atomic E-state index is 13.2. The van der Waals surface area contributed by atoms with Crippen LogP contribution in [0.3, 0.4) is 0 Å². The monoisotopic (exact) mass is 318 g/mol. The molecule has 1 aliphatic carbocycles. The zero-order valence-electron chi connectivity index (χ0n) is 13.4. The van der Waals surface area contributed by atoms with Gasteiger partial charge in [-0.2, -0.15) is 0 Å². The van der Waals surface area contributed by atoms with Crippen molar-refractivity contribution in [3.05, 3.63) is 29.8 Å². The van der Waals surface area contributed by atoms with E-state index in [4.69, 9.17) is 0 Å². The van der Waals surface area contributed by atoms with Gasteiger partial charge in [-0.3, -0.25) is 9.69 Å². The predicted molar refractivity (Wildman–Crippen MR) is 87.4 cm³/mol. The maximum Gasteiger partial charge on any atom is 0.234 e. The number of likely N-dealkylation sites (N-methyl/N-ethyl adjacent to an activating group) is 1. The minimum Gasteiger partial charge on any atom is -0.352 e. The van der Waals surface area contributed by atoms with Gasteiger partial charge in [0.05, 0.1) is 24.1 Å². The quantitative estimate of drug-likeness (QED) is 0.891. The molecule has 1 aliphatic rings. The van der Waals surface area contributed by atoms with Gasteiger partial charge in [-0.05, 0) is 38.1 Å². The van der Waals surface area contributed by atoms with Gasteiger partial charge in [0.2, 0.25) is 5.91 Å². The second-order valence-electron chi connectivity index (χ2n) is 6.42. The lowest BCUT2D eigenvalue weighted by molar-refractivity contribution is -0.123. The number of H-pyrrole nitrogens is 1. The van der Waals surface area contributed by atoms with E-state index in [-0.39, 0.29) is 11.7 Å². The highest BCUT2D eigenvalue weighted by Crippen LogP contribution is 2.17. The van der Waals surface area contributed by atoms with Gasteiger partial charge < -0.3 is 10.3 Å². The van der Waals surface area contributed by atoms with Gasteiger partial charge in [0.15, 0.2) is 0 Å². The molecule has 1 fully saturated rings. The van der Waals surface area contributed by atoms with Crippen LogP contribution in [-0.2, 0) is 11.3 Å². The Morgan fingerprint density at radius 3 is 2.96 bits per heavy atom. The van der Waals surface area contributed by atoms with Crippen molar-refractivity contribution in [3.63, 3.8) is 0 Å². The van der Waals surface area contributed by atoms with Crippen LogP contribution in [-0.4, -0.2) is 40.4 Å². The lowest BCUT2D eigenvalue weighted by Gasteiger charge is -2.24. The van der Waals surface area contributed by atoms with Crippen LogP contribution in [0.4, 0.5) is 4.39 Å². The van der Waals surface area contributed by atoms with Crippen molar-refractivity contribution < 1.29 is 9.18 Å². The van der Waals surface area contributed by atoms with Gasteiger partial charge in [0, 0.05) is 6.04 Å². The molecule has 0 unspecified atom stereocenters. The molecule has 0 aliphatic heterocycles. The van der Waals surface area contributed by atoms with Gasteiger partial charge in [0.1, 0.15) is 11.6 Å². The average molecular weight is 318 g/mol. The summed E-state index contributed by atoms with van der Waals surface area (Å²) in [6.07, 6.45) is 5.86. The first-order chi connectivity index (χ1) is 11.1. The molecule has 0 spiro atoms. The molecule has 124 valence electrons. The van der Waals surface area contributed by atoms with E-state index in [9.17, 15) is 9.18 Å². The number of benzene rings is 1. The summed E-state index contributed by atoms with van der Waals surface area (Å²) in [6.45, 7) is 0.857. The van der Waals surface area contributed by atoms with Crippen LogP contribution in [0.25, 0.3) is 11.0 Å². The number of amides is 1. The van der Waals surface area contributed by atoms with Crippen molar-refractivity contribution in [1.29, 1.82) is 0 Å². The molecule has 5 nitrogen and oxygen atoms in total. The van der Waals surface area contributed by atoms with Crippen molar-refractivity contribution in [2.75, 3.05) is 13.6 Å². The van der Waals surface area contributed by atoms with Crippen molar-refractivity contribution in [2.45, 2.75) is 44.7 Å². The Bertz CT molecular complexity index is 678. The standard InChI is InChI=1S/C17H23FN4O/c1-22(11-17(23)19-13-5-3-2-4-6-13)10-16-20-14-8-7-12(18)9-15(14)21-16/h7-9,13H,2-6,10-11H2,1H3,(H,19,23)(H,20,21). The number of rotatable bonds is 5. The van der Waals surface area contributed by atoms with E-state index in [2.05, 4.69) is 15.3 Å². The molecular formula is C17H23FN4O. The van der Waals surface area contributed by atoms with Crippen LogP contribution in [0.15, 0.2) is 18.2 Å². The van der Waals surface area contributed by atoms with Gasteiger partial charge in [0.25, 0.3) is 0 Å². The Hall–Kier alpha value is -1.95. The molecule has 6 heteroatoms. The van der Waals surface area contributed by atoms with E-state index in [1.807, 2.05) is 11.9 Å². The third kappa shape index (κ3) is 4.28. The van der Waals surface area contributed by atoms with Crippen molar-refractivity contribution in [1.82, 2.24) is 20.2 Å². The van der Waals surface area contributed by atoms with E-state index >= 15 is 0 Å². The highest BCUT2D eigenvalue weighted by atomic mass is 19.1. The molecule has 3 rings (SSSR count).